The van der Waals surface area contributed by atoms with Gasteiger partial charge in [-0.2, -0.15) is 0 Å². The molecule has 20 heavy (non-hydrogen) atoms. The maximum atomic E-state index is 6.41. The Hall–Kier alpha value is -0.970. The molecule has 1 aliphatic rings. The molecule has 0 saturated carbocycles. The maximum Gasteiger partial charge on any atom is 0.0757 e. The smallest absolute Gasteiger partial charge is 0.0757 e. The molecule has 1 aliphatic heterocycles. The molecule has 0 aliphatic carbocycles. The summed E-state index contributed by atoms with van der Waals surface area (Å²) in [5.41, 5.74) is 7.53. The van der Waals surface area contributed by atoms with E-state index >= 15 is 0 Å². The molecule has 1 aromatic heterocycles. The molecule has 1 saturated heterocycles. The first-order valence-electron chi connectivity index (χ1n) is 7.50. The molecule has 2 N–H and O–H groups in total. The Morgan fingerprint density at radius 2 is 2.10 bits per heavy atom. The van der Waals surface area contributed by atoms with Gasteiger partial charge in [0.15, 0.2) is 0 Å². The van der Waals surface area contributed by atoms with Crippen molar-refractivity contribution in [2.75, 3.05) is 13.1 Å². The molecule has 0 aromatic carbocycles. The first-order chi connectivity index (χ1) is 9.43. The first-order valence-corrected chi connectivity index (χ1v) is 7.50. The number of hydrogen-bond acceptors (Lipinski definition) is 4. The third-order valence-electron chi connectivity index (χ3n) is 3.91. The summed E-state index contributed by atoms with van der Waals surface area (Å²) in [6.07, 6.45) is 4.88. The van der Waals surface area contributed by atoms with Crippen molar-refractivity contribution in [3.05, 3.63) is 30.1 Å². The summed E-state index contributed by atoms with van der Waals surface area (Å²) in [6.45, 7) is 10.4. The highest BCUT2D eigenvalue weighted by Gasteiger charge is 2.36. The lowest BCUT2D eigenvalue weighted by molar-refractivity contribution is -0.140. The van der Waals surface area contributed by atoms with Crippen LogP contribution in [0.3, 0.4) is 0 Å². The van der Waals surface area contributed by atoms with Crippen LogP contribution in [0.15, 0.2) is 24.5 Å². The lowest BCUT2D eigenvalue weighted by Crippen LogP contribution is -2.55. The third kappa shape index (κ3) is 3.57. The zero-order chi connectivity index (χ0) is 14.8. The van der Waals surface area contributed by atoms with Gasteiger partial charge in [0.05, 0.1) is 17.7 Å². The number of pyridine rings is 1. The standard InChI is InChI=1S/C16H27N3O/c1-5-14(17)15(13-6-8-18-9-7-13)19-10-12(2)20-16(3,4)11-19/h6-9,12,14-15H,5,10-11,17H2,1-4H3. The van der Waals surface area contributed by atoms with E-state index in [0.717, 1.165) is 19.5 Å². The average molecular weight is 277 g/mol. The van der Waals surface area contributed by atoms with Crippen molar-refractivity contribution in [3.8, 4) is 0 Å². The van der Waals surface area contributed by atoms with E-state index in [1.807, 2.05) is 12.4 Å². The quantitative estimate of drug-likeness (QED) is 0.918. The van der Waals surface area contributed by atoms with Crippen LogP contribution in [0.25, 0.3) is 0 Å². The number of nitrogens with zero attached hydrogens (tertiary/aromatic N) is 2. The Morgan fingerprint density at radius 3 is 2.65 bits per heavy atom. The van der Waals surface area contributed by atoms with Gasteiger partial charge in [0.2, 0.25) is 0 Å². The van der Waals surface area contributed by atoms with Crippen LogP contribution in [0.2, 0.25) is 0 Å². The van der Waals surface area contributed by atoms with Gasteiger partial charge < -0.3 is 10.5 Å². The van der Waals surface area contributed by atoms with E-state index < -0.39 is 0 Å². The largest absolute Gasteiger partial charge is 0.370 e. The van der Waals surface area contributed by atoms with E-state index in [9.17, 15) is 0 Å². The second kappa shape index (κ2) is 6.20. The Kier molecular flexibility index (Phi) is 4.78. The van der Waals surface area contributed by atoms with Gasteiger partial charge in [-0.3, -0.25) is 9.88 Å². The lowest BCUT2D eigenvalue weighted by atomic mass is 9.94. The number of morpholine rings is 1. The maximum absolute atomic E-state index is 6.41. The van der Waals surface area contributed by atoms with Crippen molar-refractivity contribution >= 4 is 0 Å². The van der Waals surface area contributed by atoms with E-state index in [0.29, 0.717) is 0 Å². The molecule has 3 atom stereocenters. The first kappa shape index (κ1) is 15.4. The number of hydrogen-bond donors (Lipinski definition) is 1. The van der Waals surface area contributed by atoms with Gasteiger partial charge in [0, 0.05) is 31.5 Å². The fourth-order valence-corrected chi connectivity index (χ4v) is 3.23. The van der Waals surface area contributed by atoms with Gasteiger partial charge in [0.1, 0.15) is 0 Å². The Balaban J connectivity index is 2.27. The predicted octanol–water partition coefficient (Wildman–Crippen LogP) is 2.36. The summed E-state index contributed by atoms with van der Waals surface area (Å²) in [5.74, 6) is 0. The molecule has 1 fully saturated rings. The topological polar surface area (TPSA) is 51.4 Å². The summed E-state index contributed by atoms with van der Waals surface area (Å²) in [7, 11) is 0. The highest BCUT2D eigenvalue weighted by Crippen LogP contribution is 2.31. The van der Waals surface area contributed by atoms with Crippen LogP contribution in [-0.2, 0) is 4.74 Å². The van der Waals surface area contributed by atoms with Gasteiger partial charge in [0.25, 0.3) is 0 Å². The van der Waals surface area contributed by atoms with Crippen LogP contribution in [0.1, 0.15) is 45.7 Å². The average Bonchev–Trinajstić information content (AvgIpc) is 2.37. The molecule has 1 aromatic rings. The van der Waals surface area contributed by atoms with Crippen molar-refractivity contribution in [2.24, 2.45) is 5.73 Å². The third-order valence-corrected chi connectivity index (χ3v) is 3.91. The van der Waals surface area contributed by atoms with E-state index in [1.54, 1.807) is 0 Å². The summed E-state index contributed by atoms with van der Waals surface area (Å²) >= 11 is 0. The summed E-state index contributed by atoms with van der Waals surface area (Å²) < 4.78 is 6.01. The summed E-state index contributed by atoms with van der Waals surface area (Å²) in [5, 5.41) is 0. The monoisotopic (exact) mass is 277 g/mol. The highest BCUT2D eigenvalue weighted by molar-refractivity contribution is 5.18. The number of nitrogens with two attached hydrogens (primary N) is 1. The molecular weight excluding hydrogens is 250 g/mol. The van der Waals surface area contributed by atoms with Crippen molar-refractivity contribution in [2.45, 2.75) is 57.9 Å². The van der Waals surface area contributed by atoms with Crippen LogP contribution in [-0.4, -0.2) is 40.7 Å². The molecule has 4 nitrogen and oxygen atoms in total. The Labute approximate surface area is 122 Å². The molecule has 4 heteroatoms. The van der Waals surface area contributed by atoms with Crippen LogP contribution < -0.4 is 5.73 Å². The van der Waals surface area contributed by atoms with Crippen LogP contribution in [0.5, 0.6) is 0 Å². The van der Waals surface area contributed by atoms with E-state index in [4.69, 9.17) is 10.5 Å². The van der Waals surface area contributed by atoms with Gasteiger partial charge in [-0.05, 0) is 44.9 Å². The van der Waals surface area contributed by atoms with E-state index in [2.05, 4.69) is 49.7 Å². The Bertz CT molecular complexity index is 421. The van der Waals surface area contributed by atoms with Crippen LogP contribution in [0.4, 0.5) is 0 Å². The fourth-order valence-electron chi connectivity index (χ4n) is 3.23. The SMILES string of the molecule is CCC(N)C(c1ccncc1)N1CC(C)OC(C)(C)C1. The van der Waals surface area contributed by atoms with Crippen molar-refractivity contribution in [3.63, 3.8) is 0 Å². The second-order valence-corrected chi connectivity index (χ2v) is 6.42. The Morgan fingerprint density at radius 1 is 1.45 bits per heavy atom. The number of ether oxygens (including phenoxy) is 1. The van der Waals surface area contributed by atoms with Crippen molar-refractivity contribution in [1.29, 1.82) is 0 Å². The molecule has 0 bridgehead atoms. The number of rotatable bonds is 4. The van der Waals surface area contributed by atoms with E-state index in [1.165, 1.54) is 5.56 Å². The van der Waals surface area contributed by atoms with Gasteiger partial charge in [-0.25, -0.2) is 0 Å². The van der Waals surface area contributed by atoms with Gasteiger partial charge in [-0.15, -0.1) is 0 Å². The normalized spacial score (nSPS) is 26.1. The fraction of sp³-hybridized carbons (Fsp3) is 0.688. The predicted molar refractivity (Wildman–Crippen MR) is 81.4 cm³/mol. The molecule has 0 radical (unpaired) electrons. The zero-order valence-electron chi connectivity index (χ0n) is 13.0. The van der Waals surface area contributed by atoms with Crippen LogP contribution >= 0.6 is 0 Å². The summed E-state index contributed by atoms with van der Waals surface area (Å²) in [4.78, 5) is 6.59. The highest BCUT2D eigenvalue weighted by atomic mass is 16.5. The van der Waals surface area contributed by atoms with Gasteiger partial charge >= 0.3 is 0 Å². The minimum atomic E-state index is -0.129. The van der Waals surface area contributed by atoms with Crippen LogP contribution in [0, 0.1) is 0 Å². The minimum absolute atomic E-state index is 0.124. The lowest BCUT2D eigenvalue weighted by Gasteiger charge is -2.46. The molecule has 2 heterocycles. The second-order valence-electron chi connectivity index (χ2n) is 6.42. The molecule has 2 rings (SSSR count). The van der Waals surface area contributed by atoms with Crippen molar-refractivity contribution < 1.29 is 4.74 Å². The van der Waals surface area contributed by atoms with E-state index in [-0.39, 0.29) is 23.8 Å². The van der Waals surface area contributed by atoms with Crippen molar-refractivity contribution in [1.82, 2.24) is 9.88 Å². The zero-order valence-corrected chi connectivity index (χ0v) is 13.0. The minimum Gasteiger partial charge on any atom is -0.370 e. The molecule has 112 valence electrons. The molecule has 0 amide bonds. The number of aromatic nitrogens is 1. The molecule has 3 unspecified atom stereocenters. The summed E-state index contributed by atoms with van der Waals surface area (Å²) in [6, 6.07) is 4.51. The molecular formula is C16H27N3O. The van der Waals surface area contributed by atoms with Gasteiger partial charge in [-0.1, -0.05) is 6.92 Å². The molecule has 0 spiro atoms.